The summed E-state index contributed by atoms with van der Waals surface area (Å²) in [7, 11) is 1.43. The molecule has 1 aliphatic rings. The molecule has 1 amide bonds. The smallest absolute Gasteiger partial charge is 0.408 e. The Morgan fingerprint density at radius 1 is 1.18 bits per heavy atom. The minimum absolute atomic E-state index is 0.0157. The number of allylic oxidation sites excluding steroid dienone is 6. The number of carbonyl (C=O) groups excluding carboxylic acids is 1. The second-order valence-electron chi connectivity index (χ2n) is 9.82. The summed E-state index contributed by atoms with van der Waals surface area (Å²) in [6.07, 6.45) is 8.34. The molecule has 0 saturated carbocycles. The normalized spacial score (nSPS) is 13.9. The summed E-state index contributed by atoms with van der Waals surface area (Å²) < 4.78 is 32.5. The predicted molar refractivity (Wildman–Crippen MR) is 157 cm³/mol. The first-order chi connectivity index (χ1) is 17.6. The Morgan fingerprint density at radius 3 is 2.18 bits per heavy atom. The molecule has 1 aliphatic carbocycles. The van der Waals surface area contributed by atoms with Crippen LogP contribution in [-0.4, -0.2) is 34.3 Å². The van der Waals surface area contributed by atoms with E-state index in [-0.39, 0.29) is 24.2 Å². The van der Waals surface area contributed by atoms with Crippen molar-refractivity contribution < 1.29 is 28.2 Å². The van der Waals surface area contributed by atoms with Gasteiger partial charge in [0.25, 0.3) is 6.47 Å². The van der Waals surface area contributed by atoms with E-state index in [0.29, 0.717) is 12.0 Å². The lowest BCUT2D eigenvalue weighted by atomic mass is 9.93. The second kappa shape index (κ2) is 15.6. The van der Waals surface area contributed by atoms with Crippen LogP contribution in [0, 0.1) is 5.41 Å². The van der Waals surface area contributed by atoms with Gasteiger partial charge in [0.1, 0.15) is 5.75 Å². The first-order valence-electron chi connectivity index (χ1n) is 12.7. The number of halogens is 2. The standard InChI is InChI=1S/C27H36F2NO2P.C2H6.CH2O2/c1-9-10-20-11-14-24(32-27(28,29)33)22(16-20)21-12-13-23(19(5)15-18(21)4)30(17(2)3)25(31)26(6,7)8;1-2;2-1-3/h9-12,14-17H,13,33H2,1-8H3;1-2H3;1H,(H,2,3)/b10-9+;;. The van der Waals surface area contributed by atoms with E-state index in [2.05, 4.69) is 0 Å². The van der Waals surface area contributed by atoms with E-state index in [1.165, 1.54) is 9.24 Å². The van der Waals surface area contributed by atoms with Gasteiger partial charge in [0.05, 0.1) is 0 Å². The van der Waals surface area contributed by atoms with Gasteiger partial charge in [-0.1, -0.05) is 65.0 Å². The fourth-order valence-electron chi connectivity index (χ4n) is 3.94. The van der Waals surface area contributed by atoms with Gasteiger partial charge in [0, 0.05) is 29.1 Å². The van der Waals surface area contributed by atoms with Gasteiger partial charge in [-0.05, 0) is 78.3 Å². The summed E-state index contributed by atoms with van der Waals surface area (Å²) >= 11 is 0. The van der Waals surface area contributed by atoms with Gasteiger partial charge in [-0.25, -0.2) is 0 Å². The quantitative estimate of drug-likeness (QED) is 0.284. The highest BCUT2D eigenvalue weighted by Crippen LogP contribution is 2.39. The molecule has 8 heteroatoms. The van der Waals surface area contributed by atoms with Gasteiger partial charge in [-0.15, -0.1) is 0 Å². The molecule has 212 valence electrons. The van der Waals surface area contributed by atoms with E-state index in [1.54, 1.807) is 12.1 Å². The molecule has 0 bridgehead atoms. The number of ether oxygens (including phenoxy) is 1. The SMILES string of the molecule is C/C=C/c1ccc(OC(F)(F)P)c(C2=CCC(N(C(=O)C(C)(C)C)C(C)C)=C(C)C=C2C)c1.CC.O=CO. The van der Waals surface area contributed by atoms with E-state index in [9.17, 15) is 13.6 Å². The Labute approximate surface area is 229 Å². The number of alkyl halides is 2. The van der Waals surface area contributed by atoms with Crippen molar-refractivity contribution >= 4 is 33.3 Å². The maximum absolute atomic E-state index is 13.7. The Hall–Kier alpha value is -2.79. The highest BCUT2D eigenvalue weighted by Gasteiger charge is 2.32. The lowest BCUT2D eigenvalue weighted by Gasteiger charge is -2.35. The van der Waals surface area contributed by atoms with E-state index >= 15 is 0 Å². The third-order valence-corrected chi connectivity index (χ3v) is 5.50. The molecule has 2 rings (SSSR count). The van der Waals surface area contributed by atoms with E-state index < -0.39 is 11.3 Å². The Balaban J connectivity index is 0.00000255. The van der Waals surface area contributed by atoms with Crippen molar-refractivity contribution in [3.63, 3.8) is 0 Å². The van der Waals surface area contributed by atoms with Gasteiger partial charge >= 0.3 is 5.85 Å². The first kappa shape index (κ1) is 35.2. The highest BCUT2D eigenvalue weighted by atomic mass is 31.0. The molecule has 1 aromatic carbocycles. The summed E-state index contributed by atoms with van der Waals surface area (Å²) in [5.41, 5.74) is 4.59. The molecule has 0 aromatic heterocycles. The molecule has 0 fully saturated rings. The van der Waals surface area contributed by atoms with Crippen LogP contribution in [0.1, 0.15) is 86.8 Å². The fourth-order valence-corrected chi connectivity index (χ4v) is 4.06. The Morgan fingerprint density at radius 2 is 1.74 bits per heavy atom. The number of hydrogen-bond donors (Lipinski definition) is 1. The molecule has 0 aliphatic heterocycles. The molecular formula is C30H44F2NO4P. The van der Waals surface area contributed by atoms with Crippen LogP contribution in [0.2, 0.25) is 0 Å². The van der Waals surface area contributed by atoms with Crippen molar-refractivity contribution in [2.75, 3.05) is 0 Å². The number of carbonyl (C=O) groups is 2. The first-order valence-corrected chi connectivity index (χ1v) is 13.3. The van der Waals surface area contributed by atoms with Crippen molar-refractivity contribution in [3.8, 4) is 5.75 Å². The maximum Gasteiger partial charge on any atom is 0.408 e. The van der Waals surface area contributed by atoms with Crippen molar-refractivity contribution in [1.82, 2.24) is 4.90 Å². The lowest BCUT2D eigenvalue weighted by molar-refractivity contribution is -0.139. The average Bonchev–Trinajstić information content (AvgIpc) is 2.93. The van der Waals surface area contributed by atoms with Crippen LogP contribution in [-0.2, 0) is 9.59 Å². The molecule has 1 aromatic rings. The summed E-state index contributed by atoms with van der Waals surface area (Å²) in [6, 6.07) is 5.17. The van der Waals surface area contributed by atoms with Crippen LogP contribution in [0.5, 0.6) is 5.75 Å². The van der Waals surface area contributed by atoms with Crippen LogP contribution in [0.25, 0.3) is 11.6 Å². The number of rotatable bonds is 6. The third kappa shape index (κ3) is 10.5. The van der Waals surface area contributed by atoms with Crippen LogP contribution < -0.4 is 4.74 Å². The summed E-state index contributed by atoms with van der Waals surface area (Å²) in [4.78, 5) is 23.5. The monoisotopic (exact) mass is 551 g/mol. The van der Waals surface area contributed by atoms with Gasteiger partial charge in [0.2, 0.25) is 5.91 Å². The van der Waals surface area contributed by atoms with Crippen molar-refractivity contribution in [3.05, 3.63) is 64.4 Å². The van der Waals surface area contributed by atoms with Crippen molar-refractivity contribution in [1.29, 1.82) is 0 Å². The number of amides is 1. The summed E-state index contributed by atoms with van der Waals surface area (Å²) in [5, 5.41) is 6.89. The molecule has 1 atom stereocenters. The molecule has 1 N–H and O–H groups in total. The van der Waals surface area contributed by atoms with E-state index in [1.807, 2.05) is 105 Å². The lowest BCUT2D eigenvalue weighted by Crippen LogP contribution is -2.43. The van der Waals surface area contributed by atoms with Crippen LogP contribution >= 0.6 is 9.24 Å². The zero-order valence-electron chi connectivity index (χ0n) is 24.4. The van der Waals surface area contributed by atoms with Crippen LogP contribution in [0.15, 0.2) is 53.3 Å². The third-order valence-electron chi connectivity index (χ3n) is 5.38. The van der Waals surface area contributed by atoms with Gasteiger partial charge in [-0.3, -0.25) is 9.59 Å². The van der Waals surface area contributed by atoms with E-state index in [0.717, 1.165) is 28.0 Å². The number of hydrogen-bond acceptors (Lipinski definition) is 3. The summed E-state index contributed by atoms with van der Waals surface area (Å²) in [5.74, 6) is -3.22. The van der Waals surface area contributed by atoms with Crippen LogP contribution in [0.4, 0.5) is 8.78 Å². The number of benzene rings is 1. The van der Waals surface area contributed by atoms with E-state index in [4.69, 9.17) is 14.6 Å². The second-order valence-corrected chi connectivity index (χ2v) is 10.5. The zero-order valence-corrected chi connectivity index (χ0v) is 25.5. The highest BCUT2D eigenvalue weighted by molar-refractivity contribution is 7.17. The molecule has 0 radical (unpaired) electrons. The minimum Gasteiger partial charge on any atom is -0.483 e. The largest absolute Gasteiger partial charge is 0.483 e. The van der Waals surface area contributed by atoms with Gasteiger partial charge in [-0.2, -0.15) is 8.78 Å². The van der Waals surface area contributed by atoms with Crippen molar-refractivity contribution in [2.45, 2.75) is 87.5 Å². The molecule has 0 spiro atoms. The summed E-state index contributed by atoms with van der Waals surface area (Å²) in [6.45, 7) is 19.4. The number of carboxylic acid groups (broad SMARTS) is 1. The molecule has 5 nitrogen and oxygen atoms in total. The molecular weight excluding hydrogens is 507 g/mol. The molecule has 38 heavy (non-hydrogen) atoms. The zero-order chi connectivity index (χ0) is 29.8. The van der Waals surface area contributed by atoms with Crippen LogP contribution in [0.3, 0.4) is 0 Å². The minimum atomic E-state index is -3.38. The maximum atomic E-state index is 13.7. The molecule has 0 saturated heterocycles. The topological polar surface area (TPSA) is 66.8 Å². The molecule has 1 unspecified atom stereocenters. The Bertz CT molecular complexity index is 1070. The van der Waals surface area contributed by atoms with Crippen molar-refractivity contribution in [2.24, 2.45) is 5.41 Å². The predicted octanol–water partition coefficient (Wildman–Crippen LogP) is 8.54. The average molecular weight is 552 g/mol. The van der Waals surface area contributed by atoms with Gasteiger partial charge in [0.15, 0.2) is 0 Å². The number of nitrogens with zero attached hydrogens (tertiary/aromatic N) is 1. The molecule has 0 heterocycles. The van der Waals surface area contributed by atoms with Gasteiger partial charge < -0.3 is 14.7 Å². The fraction of sp³-hybridized carbons (Fsp3) is 0.467. The Kier molecular flexibility index (Phi) is 14.4.